The van der Waals surface area contributed by atoms with Crippen molar-refractivity contribution in [2.45, 2.75) is 32.9 Å². The van der Waals surface area contributed by atoms with Gasteiger partial charge in [-0.25, -0.2) is 0 Å². The number of nitrogens with one attached hydrogen (secondary N) is 1. The van der Waals surface area contributed by atoms with Gasteiger partial charge in [0.2, 0.25) is 0 Å². The van der Waals surface area contributed by atoms with Crippen LogP contribution in [0.5, 0.6) is 0 Å². The average molecular weight is 199 g/mol. The molecule has 2 atom stereocenters. The van der Waals surface area contributed by atoms with Crippen molar-refractivity contribution in [1.82, 2.24) is 15.1 Å². The van der Waals surface area contributed by atoms with Crippen LogP contribution in [0, 0.1) is 0 Å². The second-order valence-electron chi connectivity index (χ2n) is 4.43. The smallest absolute Gasteiger partial charge is 0.0219 e. The lowest BCUT2D eigenvalue weighted by molar-refractivity contribution is 0.103. The Balaban J connectivity index is 2.33. The van der Waals surface area contributed by atoms with Gasteiger partial charge in [0.15, 0.2) is 0 Å². The predicted octanol–water partition coefficient (Wildman–Crippen LogP) is 0.620. The fourth-order valence-corrected chi connectivity index (χ4v) is 2.04. The Morgan fingerprint density at radius 1 is 1.14 bits per heavy atom. The van der Waals surface area contributed by atoms with E-state index in [1.807, 2.05) is 0 Å². The van der Waals surface area contributed by atoms with E-state index < -0.39 is 0 Å². The maximum atomic E-state index is 3.50. The molecule has 1 heterocycles. The normalized spacial score (nSPS) is 24.9. The Morgan fingerprint density at radius 3 is 2.21 bits per heavy atom. The fraction of sp³-hybridized carbons (Fsp3) is 1.00. The molecule has 0 bridgehead atoms. The minimum absolute atomic E-state index is 0.600. The van der Waals surface area contributed by atoms with Crippen molar-refractivity contribution in [2.75, 3.05) is 39.8 Å². The van der Waals surface area contributed by atoms with Crippen LogP contribution in [0.3, 0.4) is 0 Å². The monoisotopic (exact) mass is 199 g/mol. The molecule has 0 aromatic carbocycles. The summed E-state index contributed by atoms with van der Waals surface area (Å²) in [4.78, 5) is 4.99. The van der Waals surface area contributed by atoms with Gasteiger partial charge in [-0.05, 0) is 27.4 Å². The molecule has 1 fully saturated rings. The van der Waals surface area contributed by atoms with Gasteiger partial charge >= 0.3 is 0 Å². The largest absolute Gasteiger partial charge is 0.313 e. The van der Waals surface area contributed by atoms with Crippen molar-refractivity contribution >= 4 is 0 Å². The second-order valence-corrected chi connectivity index (χ2v) is 4.43. The number of likely N-dealkylation sites (N-methyl/N-ethyl adjacent to an activating group) is 2. The topological polar surface area (TPSA) is 18.5 Å². The summed E-state index contributed by atoms with van der Waals surface area (Å²) in [5.74, 6) is 0. The van der Waals surface area contributed by atoms with Gasteiger partial charge in [0.1, 0.15) is 0 Å². The summed E-state index contributed by atoms with van der Waals surface area (Å²) in [7, 11) is 2.20. The molecule has 0 aromatic heterocycles. The molecule has 2 unspecified atom stereocenters. The highest BCUT2D eigenvalue weighted by Gasteiger charge is 2.22. The second kappa shape index (κ2) is 5.69. The first kappa shape index (κ1) is 12.0. The van der Waals surface area contributed by atoms with Crippen LogP contribution in [-0.4, -0.2) is 61.7 Å². The first-order valence-corrected chi connectivity index (χ1v) is 5.81. The third-order valence-electron chi connectivity index (χ3n) is 3.36. The third kappa shape index (κ3) is 3.23. The van der Waals surface area contributed by atoms with E-state index in [1.165, 1.54) is 26.2 Å². The van der Waals surface area contributed by atoms with E-state index in [0.29, 0.717) is 12.1 Å². The lowest BCUT2D eigenvalue weighted by Gasteiger charge is -2.39. The van der Waals surface area contributed by atoms with Gasteiger partial charge in [0.05, 0.1) is 0 Å². The molecule has 1 N–H and O–H groups in total. The van der Waals surface area contributed by atoms with E-state index in [-0.39, 0.29) is 0 Å². The van der Waals surface area contributed by atoms with Crippen LogP contribution >= 0.6 is 0 Å². The van der Waals surface area contributed by atoms with E-state index in [1.54, 1.807) is 0 Å². The Bertz CT molecular complexity index is 153. The molecule has 0 aliphatic carbocycles. The molecular formula is C11H25N3. The van der Waals surface area contributed by atoms with Crippen LogP contribution in [0.15, 0.2) is 0 Å². The minimum atomic E-state index is 0.600. The highest BCUT2D eigenvalue weighted by molar-refractivity contribution is 4.81. The van der Waals surface area contributed by atoms with Crippen LogP contribution in [0.2, 0.25) is 0 Å². The molecule has 1 rings (SSSR count). The summed E-state index contributed by atoms with van der Waals surface area (Å²) in [6.07, 6.45) is 0. The van der Waals surface area contributed by atoms with Crippen LogP contribution in [0.1, 0.15) is 20.8 Å². The van der Waals surface area contributed by atoms with Gasteiger partial charge in [-0.3, -0.25) is 4.90 Å². The Kier molecular flexibility index (Phi) is 4.85. The first-order valence-electron chi connectivity index (χ1n) is 5.81. The molecule has 84 valence electrons. The Hall–Kier alpha value is -0.120. The van der Waals surface area contributed by atoms with Gasteiger partial charge in [-0.2, -0.15) is 0 Å². The van der Waals surface area contributed by atoms with Crippen molar-refractivity contribution in [3.05, 3.63) is 0 Å². The van der Waals surface area contributed by atoms with Gasteiger partial charge < -0.3 is 10.2 Å². The van der Waals surface area contributed by atoms with Gasteiger partial charge in [0.25, 0.3) is 0 Å². The van der Waals surface area contributed by atoms with Gasteiger partial charge in [-0.1, -0.05) is 6.92 Å². The zero-order valence-electron chi connectivity index (χ0n) is 10.1. The average Bonchev–Trinajstić information content (AvgIpc) is 2.18. The van der Waals surface area contributed by atoms with Crippen LogP contribution in [0.25, 0.3) is 0 Å². The lowest BCUT2D eigenvalue weighted by atomic mass is 10.1. The zero-order chi connectivity index (χ0) is 10.6. The molecule has 0 spiro atoms. The van der Waals surface area contributed by atoms with Crippen molar-refractivity contribution in [2.24, 2.45) is 0 Å². The van der Waals surface area contributed by atoms with Crippen LogP contribution in [0.4, 0.5) is 0 Å². The van der Waals surface area contributed by atoms with Crippen LogP contribution in [-0.2, 0) is 0 Å². The minimum Gasteiger partial charge on any atom is -0.313 e. The summed E-state index contributed by atoms with van der Waals surface area (Å²) in [6.45, 7) is 12.7. The van der Waals surface area contributed by atoms with E-state index >= 15 is 0 Å². The number of rotatable bonds is 4. The van der Waals surface area contributed by atoms with Crippen molar-refractivity contribution in [3.63, 3.8) is 0 Å². The molecule has 1 aliphatic heterocycles. The molecule has 3 nitrogen and oxygen atoms in total. The summed E-state index contributed by atoms with van der Waals surface area (Å²) in [6, 6.07) is 1.26. The summed E-state index contributed by atoms with van der Waals surface area (Å²) in [5, 5.41) is 3.50. The SMILES string of the molecule is CCNC(C)C(C)N1CCN(C)CC1. The molecular weight excluding hydrogens is 174 g/mol. The highest BCUT2D eigenvalue weighted by atomic mass is 15.3. The molecule has 0 amide bonds. The predicted molar refractivity (Wildman–Crippen MR) is 61.7 cm³/mol. The fourth-order valence-electron chi connectivity index (χ4n) is 2.04. The summed E-state index contributed by atoms with van der Waals surface area (Å²) < 4.78 is 0. The summed E-state index contributed by atoms with van der Waals surface area (Å²) >= 11 is 0. The molecule has 1 saturated heterocycles. The molecule has 0 saturated carbocycles. The molecule has 3 heteroatoms. The number of hydrogen-bond acceptors (Lipinski definition) is 3. The van der Waals surface area contributed by atoms with E-state index in [9.17, 15) is 0 Å². The Morgan fingerprint density at radius 2 is 1.71 bits per heavy atom. The Labute approximate surface area is 88.5 Å². The number of piperazine rings is 1. The first-order chi connectivity index (χ1) is 6.65. The van der Waals surface area contributed by atoms with E-state index in [2.05, 4.69) is 42.9 Å². The maximum Gasteiger partial charge on any atom is 0.0219 e. The van der Waals surface area contributed by atoms with Gasteiger partial charge in [0, 0.05) is 38.3 Å². The van der Waals surface area contributed by atoms with E-state index in [4.69, 9.17) is 0 Å². The lowest BCUT2D eigenvalue weighted by Crippen LogP contribution is -2.53. The number of hydrogen-bond donors (Lipinski definition) is 1. The van der Waals surface area contributed by atoms with Gasteiger partial charge in [-0.15, -0.1) is 0 Å². The molecule has 0 radical (unpaired) electrons. The zero-order valence-corrected chi connectivity index (χ0v) is 10.1. The molecule has 0 aromatic rings. The third-order valence-corrected chi connectivity index (χ3v) is 3.36. The summed E-state index contributed by atoms with van der Waals surface area (Å²) in [5.41, 5.74) is 0. The maximum absolute atomic E-state index is 3.50. The van der Waals surface area contributed by atoms with Crippen molar-refractivity contribution in [1.29, 1.82) is 0 Å². The molecule has 14 heavy (non-hydrogen) atoms. The number of nitrogens with zero attached hydrogens (tertiary/aromatic N) is 2. The van der Waals surface area contributed by atoms with E-state index in [0.717, 1.165) is 6.54 Å². The quantitative estimate of drug-likeness (QED) is 0.716. The van der Waals surface area contributed by atoms with Crippen molar-refractivity contribution in [3.8, 4) is 0 Å². The van der Waals surface area contributed by atoms with Crippen LogP contribution < -0.4 is 5.32 Å². The molecule has 1 aliphatic rings. The standard InChI is InChI=1S/C11H25N3/c1-5-12-10(2)11(3)14-8-6-13(4)7-9-14/h10-12H,5-9H2,1-4H3. The van der Waals surface area contributed by atoms with Crippen molar-refractivity contribution < 1.29 is 0 Å². The highest BCUT2D eigenvalue weighted by Crippen LogP contribution is 2.07.